The van der Waals surface area contributed by atoms with Gasteiger partial charge in [-0.15, -0.1) is 11.3 Å². The molecule has 1 aromatic heterocycles. The van der Waals surface area contributed by atoms with Crippen molar-refractivity contribution in [3.63, 3.8) is 0 Å². The summed E-state index contributed by atoms with van der Waals surface area (Å²) in [5.41, 5.74) is 0. The quantitative estimate of drug-likeness (QED) is 0.756. The SMILES string of the molecule is C[C@@H](OCC1CC1)C(=O)N(C[C@H]1CN(C)CCO1)c1nccs1. The lowest BCUT2D eigenvalue weighted by Gasteiger charge is -2.33. The van der Waals surface area contributed by atoms with Crippen LogP contribution in [0.4, 0.5) is 5.13 Å². The molecule has 0 unspecified atom stereocenters. The summed E-state index contributed by atoms with van der Waals surface area (Å²) in [5, 5.41) is 2.60. The van der Waals surface area contributed by atoms with Gasteiger partial charge in [-0.05, 0) is 32.7 Å². The summed E-state index contributed by atoms with van der Waals surface area (Å²) in [6.07, 6.45) is 3.74. The van der Waals surface area contributed by atoms with Crippen molar-refractivity contribution in [1.82, 2.24) is 9.88 Å². The molecule has 0 radical (unpaired) electrons. The van der Waals surface area contributed by atoms with Crippen molar-refractivity contribution in [3.8, 4) is 0 Å². The summed E-state index contributed by atoms with van der Waals surface area (Å²) in [5.74, 6) is 0.617. The minimum absolute atomic E-state index is 0.0113. The molecule has 23 heavy (non-hydrogen) atoms. The second kappa shape index (κ2) is 7.70. The van der Waals surface area contributed by atoms with Gasteiger partial charge < -0.3 is 14.4 Å². The molecule has 128 valence electrons. The number of likely N-dealkylation sites (N-methyl/N-ethyl adjacent to an activating group) is 1. The minimum Gasteiger partial charge on any atom is -0.374 e. The molecule has 6 nitrogen and oxygen atoms in total. The van der Waals surface area contributed by atoms with Crippen LogP contribution in [0.1, 0.15) is 19.8 Å². The molecular formula is C16H25N3O3S. The number of nitrogens with zero attached hydrogens (tertiary/aromatic N) is 3. The van der Waals surface area contributed by atoms with E-state index in [0.29, 0.717) is 30.8 Å². The molecule has 1 aromatic rings. The molecule has 2 atom stereocenters. The maximum absolute atomic E-state index is 12.8. The predicted octanol–water partition coefficient (Wildman–Crippen LogP) is 1.62. The van der Waals surface area contributed by atoms with E-state index in [4.69, 9.17) is 9.47 Å². The van der Waals surface area contributed by atoms with Crippen molar-refractivity contribution in [1.29, 1.82) is 0 Å². The summed E-state index contributed by atoms with van der Waals surface area (Å²) in [6.45, 7) is 5.50. The molecule has 2 fully saturated rings. The number of aromatic nitrogens is 1. The molecule has 7 heteroatoms. The minimum atomic E-state index is -0.444. The average Bonchev–Trinajstić information content (AvgIpc) is 3.22. The van der Waals surface area contributed by atoms with Gasteiger partial charge in [0.15, 0.2) is 5.13 Å². The van der Waals surface area contributed by atoms with E-state index in [-0.39, 0.29) is 12.0 Å². The van der Waals surface area contributed by atoms with E-state index in [0.717, 1.165) is 13.1 Å². The van der Waals surface area contributed by atoms with Crippen LogP contribution < -0.4 is 4.90 Å². The Labute approximate surface area is 141 Å². The Morgan fingerprint density at radius 1 is 1.61 bits per heavy atom. The molecule has 1 aliphatic carbocycles. The Bertz CT molecular complexity index is 507. The predicted molar refractivity (Wildman–Crippen MR) is 89.8 cm³/mol. The zero-order valence-electron chi connectivity index (χ0n) is 13.8. The highest BCUT2D eigenvalue weighted by atomic mass is 32.1. The molecule has 1 amide bonds. The lowest BCUT2D eigenvalue weighted by molar-refractivity contribution is -0.130. The Kier molecular flexibility index (Phi) is 5.63. The van der Waals surface area contributed by atoms with Crippen LogP contribution in [0.2, 0.25) is 0 Å². The first kappa shape index (κ1) is 16.8. The molecule has 2 heterocycles. The average molecular weight is 339 g/mol. The standard InChI is InChI=1S/C16H25N3O3S/c1-12(22-11-13-3-4-13)15(20)19(16-17-5-8-23-16)10-14-9-18(2)6-7-21-14/h5,8,12-14H,3-4,6-7,9-11H2,1-2H3/t12-,14-/m1/s1. The summed E-state index contributed by atoms with van der Waals surface area (Å²) in [7, 11) is 2.08. The van der Waals surface area contributed by atoms with Crippen molar-refractivity contribution in [3.05, 3.63) is 11.6 Å². The van der Waals surface area contributed by atoms with E-state index < -0.39 is 6.10 Å². The topological polar surface area (TPSA) is 54.9 Å². The van der Waals surface area contributed by atoms with Crippen molar-refractivity contribution in [2.45, 2.75) is 32.0 Å². The van der Waals surface area contributed by atoms with Gasteiger partial charge in [0.2, 0.25) is 0 Å². The van der Waals surface area contributed by atoms with Gasteiger partial charge in [0.25, 0.3) is 5.91 Å². The van der Waals surface area contributed by atoms with Crippen molar-refractivity contribution >= 4 is 22.4 Å². The molecular weight excluding hydrogens is 314 g/mol. The van der Waals surface area contributed by atoms with Crippen molar-refractivity contribution in [2.24, 2.45) is 5.92 Å². The molecule has 0 spiro atoms. The zero-order valence-corrected chi connectivity index (χ0v) is 14.6. The third-order valence-corrected chi connectivity index (χ3v) is 5.07. The van der Waals surface area contributed by atoms with E-state index in [1.807, 2.05) is 12.3 Å². The largest absolute Gasteiger partial charge is 0.374 e. The molecule has 1 saturated carbocycles. The summed E-state index contributed by atoms with van der Waals surface area (Å²) >= 11 is 1.47. The van der Waals surface area contributed by atoms with Gasteiger partial charge in [-0.2, -0.15) is 0 Å². The summed E-state index contributed by atoms with van der Waals surface area (Å²) < 4.78 is 11.6. The molecule has 0 bridgehead atoms. The highest BCUT2D eigenvalue weighted by Gasteiger charge is 2.30. The number of hydrogen-bond donors (Lipinski definition) is 0. The van der Waals surface area contributed by atoms with Gasteiger partial charge in [0.1, 0.15) is 6.10 Å². The van der Waals surface area contributed by atoms with E-state index in [2.05, 4.69) is 16.9 Å². The Hall–Kier alpha value is -1.02. The number of amides is 1. The van der Waals surface area contributed by atoms with E-state index in [1.54, 1.807) is 11.1 Å². The number of rotatable bonds is 7. The fourth-order valence-corrected chi connectivity index (χ4v) is 3.31. The number of carbonyl (C=O) groups is 1. The Morgan fingerprint density at radius 2 is 2.43 bits per heavy atom. The second-order valence-corrected chi connectivity index (χ2v) is 7.31. The number of anilines is 1. The number of morpholine rings is 1. The zero-order chi connectivity index (χ0) is 16.2. The fourth-order valence-electron chi connectivity index (χ4n) is 2.65. The van der Waals surface area contributed by atoms with Gasteiger partial charge in [-0.25, -0.2) is 4.98 Å². The highest BCUT2D eigenvalue weighted by Crippen LogP contribution is 2.29. The van der Waals surface area contributed by atoms with Crippen LogP contribution in [-0.2, 0) is 14.3 Å². The van der Waals surface area contributed by atoms with Crippen LogP contribution in [-0.4, -0.2) is 67.9 Å². The normalized spacial score (nSPS) is 23.7. The van der Waals surface area contributed by atoms with Crippen LogP contribution in [0.5, 0.6) is 0 Å². The molecule has 3 rings (SSSR count). The first-order chi connectivity index (χ1) is 11.1. The number of hydrogen-bond acceptors (Lipinski definition) is 6. The van der Waals surface area contributed by atoms with Crippen LogP contribution in [0, 0.1) is 5.92 Å². The number of thiazole rings is 1. The number of carbonyl (C=O) groups excluding carboxylic acids is 1. The van der Waals surface area contributed by atoms with Crippen LogP contribution >= 0.6 is 11.3 Å². The molecule has 0 aromatic carbocycles. The lowest BCUT2D eigenvalue weighted by Crippen LogP contribution is -2.49. The van der Waals surface area contributed by atoms with E-state index in [9.17, 15) is 4.79 Å². The number of ether oxygens (including phenoxy) is 2. The monoisotopic (exact) mass is 339 g/mol. The van der Waals surface area contributed by atoms with Gasteiger partial charge in [0.05, 0.1) is 25.9 Å². The highest BCUT2D eigenvalue weighted by molar-refractivity contribution is 7.13. The lowest BCUT2D eigenvalue weighted by atomic mass is 10.2. The fraction of sp³-hybridized carbons (Fsp3) is 0.750. The molecule has 1 aliphatic heterocycles. The third kappa shape index (κ3) is 4.73. The maximum atomic E-state index is 12.8. The van der Waals surface area contributed by atoms with Gasteiger partial charge in [0, 0.05) is 24.7 Å². The first-order valence-electron chi connectivity index (χ1n) is 8.26. The molecule has 0 N–H and O–H groups in total. The smallest absolute Gasteiger partial charge is 0.257 e. The van der Waals surface area contributed by atoms with Crippen molar-refractivity contribution < 1.29 is 14.3 Å². The van der Waals surface area contributed by atoms with Crippen LogP contribution in [0.25, 0.3) is 0 Å². The molecule has 2 aliphatic rings. The molecule has 1 saturated heterocycles. The van der Waals surface area contributed by atoms with Crippen molar-refractivity contribution in [2.75, 3.05) is 44.8 Å². The summed E-state index contributed by atoms with van der Waals surface area (Å²) in [6, 6.07) is 0. The Morgan fingerprint density at radius 3 is 3.09 bits per heavy atom. The van der Waals surface area contributed by atoms with Crippen LogP contribution in [0.15, 0.2) is 11.6 Å². The maximum Gasteiger partial charge on any atom is 0.257 e. The second-order valence-electron chi connectivity index (χ2n) is 6.44. The van der Waals surface area contributed by atoms with Gasteiger partial charge in [-0.3, -0.25) is 9.69 Å². The van der Waals surface area contributed by atoms with Gasteiger partial charge in [-0.1, -0.05) is 0 Å². The van der Waals surface area contributed by atoms with E-state index in [1.165, 1.54) is 24.2 Å². The first-order valence-corrected chi connectivity index (χ1v) is 9.14. The van der Waals surface area contributed by atoms with E-state index >= 15 is 0 Å². The third-order valence-electron chi connectivity index (χ3n) is 4.27. The Balaban J connectivity index is 1.63. The van der Waals surface area contributed by atoms with Crippen LogP contribution in [0.3, 0.4) is 0 Å². The van der Waals surface area contributed by atoms with Gasteiger partial charge >= 0.3 is 0 Å². The summed E-state index contributed by atoms with van der Waals surface area (Å²) in [4.78, 5) is 21.1.